The lowest BCUT2D eigenvalue weighted by atomic mass is 9.81. The Bertz CT molecular complexity index is 767. The maximum Gasteiger partial charge on any atom is 0.199 e. The van der Waals surface area contributed by atoms with Crippen molar-refractivity contribution in [2.45, 2.75) is 12.0 Å². The van der Waals surface area contributed by atoms with Crippen LogP contribution >= 0.6 is 0 Å². The van der Waals surface area contributed by atoms with E-state index in [-0.39, 0.29) is 12.2 Å². The summed E-state index contributed by atoms with van der Waals surface area (Å²) >= 11 is 0. The molecule has 0 aromatic heterocycles. The SMILES string of the molecule is O=C(c1ccccc1)[C@](O)(Cc1ccccc1)c1ccccc1. The van der Waals surface area contributed by atoms with E-state index >= 15 is 0 Å². The molecule has 2 heteroatoms. The predicted molar refractivity (Wildman–Crippen MR) is 91.3 cm³/mol. The Kier molecular flexibility index (Phi) is 4.35. The molecule has 0 bridgehead atoms. The molecule has 0 aliphatic rings. The molecular weight excluding hydrogens is 284 g/mol. The Balaban J connectivity index is 2.05. The largest absolute Gasteiger partial charge is 0.377 e. The second kappa shape index (κ2) is 6.59. The molecule has 0 fully saturated rings. The number of aliphatic hydroxyl groups is 1. The first-order valence-electron chi connectivity index (χ1n) is 7.62. The lowest BCUT2D eigenvalue weighted by molar-refractivity contribution is 0.0299. The maximum atomic E-state index is 13.0. The van der Waals surface area contributed by atoms with E-state index in [1.54, 1.807) is 36.4 Å². The van der Waals surface area contributed by atoms with Gasteiger partial charge in [-0.3, -0.25) is 4.79 Å². The summed E-state index contributed by atoms with van der Waals surface area (Å²) in [6.45, 7) is 0. The number of hydrogen-bond donors (Lipinski definition) is 1. The van der Waals surface area contributed by atoms with Gasteiger partial charge in [-0.2, -0.15) is 0 Å². The fourth-order valence-corrected chi connectivity index (χ4v) is 2.75. The fourth-order valence-electron chi connectivity index (χ4n) is 2.75. The Morgan fingerprint density at radius 3 is 1.78 bits per heavy atom. The minimum atomic E-state index is -1.58. The van der Waals surface area contributed by atoms with Gasteiger partial charge in [0, 0.05) is 12.0 Å². The van der Waals surface area contributed by atoms with E-state index < -0.39 is 5.60 Å². The minimum Gasteiger partial charge on any atom is -0.377 e. The van der Waals surface area contributed by atoms with Crippen LogP contribution in [0.15, 0.2) is 91.0 Å². The van der Waals surface area contributed by atoms with Crippen LogP contribution in [0.5, 0.6) is 0 Å². The Labute approximate surface area is 136 Å². The van der Waals surface area contributed by atoms with Crippen LogP contribution in [0.1, 0.15) is 21.5 Å². The molecular formula is C21H18O2. The third kappa shape index (κ3) is 3.22. The van der Waals surface area contributed by atoms with E-state index in [0.29, 0.717) is 11.1 Å². The van der Waals surface area contributed by atoms with Crippen molar-refractivity contribution < 1.29 is 9.90 Å². The molecule has 0 radical (unpaired) electrons. The van der Waals surface area contributed by atoms with Crippen molar-refractivity contribution in [2.24, 2.45) is 0 Å². The predicted octanol–water partition coefficient (Wildman–Crippen LogP) is 4.00. The Morgan fingerprint density at radius 2 is 1.22 bits per heavy atom. The van der Waals surface area contributed by atoms with E-state index in [4.69, 9.17) is 0 Å². The highest BCUT2D eigenvalue weighted by molar-refractivity contribution is 6.03. The molecule has 0 amide bonds. The van der Waals surface area contributed by atoms with Gasteiger partial charge in [0.25, 0.3) is 0 Å². The molecule has 0 spiro atoms. The second-order valence-electron chi connectivity index (χ2n) is 5.58. The highest BCUT2D eigenvalue weighted by atomic mass is 16.3. The Hall–Kier alpha value is -2.71. The molecule has 0 unspecified atom stereocenters. The van der Waals surface area contributed by atoms with Crippen molar-refractivity contribution in [3.8, 4) is 0 Å². The van der Waals surface area contributed by atoms with Crippen LogP contribution in [0.3, 0.4) is 0 Å². The lowest BCUT2D eigenvalue weighted by Crippen LogP contribution is -2.38. The first kappa shape index (κ1) is 15.2. The number of hydrogen-bond acceptors (Lipinski definition) is 2. The molecule has 1 N–H and O–H groups in total. The summed E-state index contributed by atoms with van der Waals surface area (Å²) in [5, 5.41) is 11.3. The molecule has 3 aromatic carbocycles. The average molecular weight is 302 g/mol. The standard InChI is InChI=1S/C21H18O2/c22-20(18-12-6-2-7-13-18)21(23,19-14-8-3-9-15-19)16-17-10-4-1-5-11-17/h1-15,23H,16H2/t21-/m0/s1. The normalized spacial score (nSPS) is 13.3. The van der Waals surface area contributed by atoms with E-state index in [1.165, 1.54) is 0 Å². The molecule has 0 aliphatic carbocycles. The van der Waals surface area contributed by atoms with Crippen molar-refractivity contribution in [3.63, 3.8) is 0 Å². The van der Waals surface area contributed by atoms with E-state index in [0.717, 1.165) is 5.56 Å². The zero-order chi connectivity index (χ0) is 16.1. The van der Waals surface area contributed by atoms with Crippen molar-refractivity contribution in [2.75, 3.05) is 0 Å². The van der Waals surface area contributed by atoms with Gasteiger partial charge in [-0.1, -0.05) is 91.0 Å². The van der Waals surface area contributed by atoms with Crippen LogP contribution < -0.4 is 0 Å². The first-order chi connectivity index (χ1) is 11.2. The van der Waals surface area contributed by atoms with Gasteiger partial charge < -0.3 is 5.11 Å². The first-order valence-corrected chi connectivity index (χ1v) is 7.62. The average Bonchev–Trinajstić information content (AvgIpc) is 2.63. The van der Waals surface area contributed by atoms with Crippen LogP contribution in [-0.4, -0.2) is 10.9 Å². The molecule has 3 aromatic rings. The summed E-state index contributed by atoms with van der Waals surface area (Å²) in [5.41, 5.74) is 0.458. The molecule has 2 nitrogen and oxygen atoms in total. The van der Waals surface area contributed by atoms with E-state index in [2.05, 4.69) is 0 Å². The number of carbonyl (C=O) groups excluding carboxylic acids is 1. The monoisotopic (exact) mass is 302 g/mol. The van der Waals surface area contributed by atoms with Crippen molar-refractivity contribution in [1.29, 1.82) is 0 Å². The lowest BCUT2D eigenvalue weighted by Gasteiger charge is -2.27. The molecule has 0 saturated carbocycles. The van der Waals surface area contributed by atoms with Crippen molar-refractivity contribution >= 4 is 5.78 Å². The van der Waals surface area contributed by atoms with Gasteiger partial charge in [-0.25, -0.2) is 0 Å². The molecule has 0 saturated heterocycles. The summed E-state index contributed by atoms with van der Waals surface area (Å²) in [5.74, 6) is -0.284. The second-order valence-corrected chi connectivity index (χ2v) is 5.58. The van der Waals surface area contributed by atoms with Crippen LogP contribution in [0, 0.1) is 0 Å². The third-order valence-electron chi connectivity index (χ3n) is 3.97. The number of ketones is 1. The number of carbonyl (C=O) groups is 1. The highest BCUT2D eigenvalue weighted by Crippen LogP contribution is 2.30. The van der Waals surface area contributed by atoms with Gasteiger partial charge in [-0.05, 0) is 11.1 Å². The smallest absolute Gasteiger partial charge is 0.199 e. The molecule has 1 atom stereocenters. The number of rotatable bonds is 5. The zero-order valence-electron chi connectivity index (χ0n) is 12.7. The van der Waals surface area contributed by atoms with E-state index in [1.807, 2.05) is 54.6 Å². The van der Waals surface area contributed by atoms with Gasteiger partial charge in [-0.15, -0.1) is 0 Å². The van der Waals surface area contributed by atoms with Crippen LogP contribution in [0.2, 0.25) is 0 Å². The summed E-state index contributed by atoms with van der Waals surface area (Å²) in [4.78, 5) is 13.0. The quantitative estimate of drug-likeness (QED) is 0.723. The summed E-state index contributed by atoms with van der Waals surface area (Å²) in [6, 6.07) is 27.7. The molecule has 3 rings (SSSR count). The highest BCUT2D eigenvalue weighted by Gasteiger charge is 2.38. The number of benzene rings is 3. The van der Waals surface area contributed by atoms with Crippen molar-refractivity contribution in [3.05, 3.63) is 108 Å². The van der Waals surface area contributed by atoms with Gasteiger partial charge in [0.15, 0.2) is 11.4 Å². The van der Waals surface area contributed by atoms with Gasteiger partial charge in [0.1, 0.15) is 0 Å². The fraction of sp³-hybridized carbons (Fsp3) is 0.0952. The van der Waals surface area contributed by atoms with Crippen LogP contribution in [0.25, 0.3) is 0 Å². The number of Topliss-reactive ketones (excluding diaryl/α,β-unsaturated/α-hetero) is 1. The van der Waals surface area contributed by atoms with Crippen LogP contribution in [-0.2, 0) is 12.0 Å². The molecule has 23 heavy (non-hydrogen) atoms. The van der Waals surface area contributed by atoms with Crippen molar-refractivity contribution in [1.82, 2.24) is 0 Å². The summed E-state index contributed by atoms with van der Waals surface area (Å²) < 4.78 is 0. The minimum absolute atomic E-state index is 0.242. The molecule has 0 aliphatic heterocycles. The Morgan fingerprint density at radius 1 is 0.739 bits per heavy atom. The molecule has 0 heterocycles. The third-order valence-corrected chi connectivity index (χ3v) is 3.97. The molecule has 114 valence electrons. The van der Waals surface area contributed by atoms with Gasteiger partial charge in [0.05, 0.1) is 0 Å². The van der Waals surface area contributed by atoms with Gasteiger partial charge in [0.2, 0.25) is 0 Å². The van der Waals surface area contributed by atoms with E-state index in [9.17, 15) is 9.90 Å². The summed E-state index contributed by atoms with van der Waals surface area (Å²) in [7, 11) is 0. The summed E-state index contributed by atoms with van der Waals surface area (Å²) in [6.07, 6.45) is 0.242. The van der Waals surface area contributed by atoms with Gasteiger partial charge >= 0.3 is 0 Å². The topological polar surface area (TPSA) is 37.3 Å². The van der Waals surface area contributed by atoms with Crippen LogP contribution in [0.4, 0.5) is 0 Å². The maximum absolute atomic E-state index is 13.0. The zero-order valence-corrected chi connectivity index (χ0v) is 12.7.